The maximum absolute atomic E-state index is 4.25. The van der Waals surface area contributed by atoms with Gasteiger partial charge in [-0.3, -0.25) is 4.99 Å². The van der Waals surface area contributed by atoms with Crippen molar-refractivity contribution < 1.29 is 0 Å². The van der Waals surface area contributed by atoms with Crippen molar-refractivity contribution in [2.24, 2.45) is 10.9 Å². The summed E-state index contributed by atoms with van der Waals surface area (Å²) in [7, 11) is 1.83. The molecule has 0 saturated heterocycles. The molecule has 2 N–H and O–H groups in total. The lowest BCUT2D eigenvalue weighted by atomic mass is 10.0. The maximum atomic E-state index is 4.25. The molecule has 1 aliphatic carbocycles. The minimum absolute atomic E-state index is 0.853. The van der Waals surface area contributed by atoms with Gasteiger partial charge in [0.05, 0.1) is 0 Å². The van der Waals surface area contributed by atoms with Crippen LogP contribution in [0.2, 0.25) is 0 Å². The van der Waals surface area contributed by atoms with Gasteiger partial charge in [0.15, 0.2) is 5.96 Å². The summed E-state index contributed by atoms with van der Waals surface area (Å²) in [6.45, 7) is 1.88. The molecular weight excluding hydrogens is 254 g/mol. The van der Waals surface area contributed by atoms with E-state index in [-0.39, 0.29) is 0 Å². The lowest BCUT2D eigenvalue weighted by molar-refractivity contribution is 0.481. The second kappa shape index (κ2) is 8.20. The summed E-state index contributed by atoms with van der Waals surface area (Å²) >= 11 is 1.73. The van der Waals surface area contributed by atoms with E-state index in [0.29, 0.717) is 0 Å². The van der Waals surface area contributed by atoms with Gasteiger partial charge in [-0.2, -0.15) is 11.3 Å². The molecule has 4 heteroatoms. The van der Waals surface area contributed by atoms with Crippen molar-refractivity contribution in [3.8, 4) is 0 Å². The number of nitrogens with zero attached hydrogens (tertiary/aromatic N) is 1. The van der Waals surface area contributed by atoms with Crippen molar-refractivity contribution in [3.05, 3.63) is 22.4 Å². The Morgan fingerprint density at radius 2 is 2.21 bits per heavy atom. The molecule has 1 saturated carbocycles. The smallest absolute Gasteiger partial charge is 0.191 e. The number of guanidine groups is 1. The monoisotopic (exact) mass is 279 g/mol. The Kier molecular flexibility index (Phi) is 6.21. The average Bonchev–Trinajstić information content (AvgIpc) is 3.11. The lowest BCUT2D eigenvalue weighted by Crippen LogP contribution is -2.37. The van der Waals surface area contributed by atoms with E-state index in [0.717, 1.165) is 25.0 Å². The van der Waals surface area contributed by atoms with E-state index < -0.39 is 0 Å². The lowest BCUT2D eigenvalue weighted by Gasteiger charge is -2.12. The molecule has 106 valence electrons. The average molecular weight is 279 g/mol. The van der Waals surface area contributed by atoms with Crippen LogP contribution in [0, 0.1) is 5.92 Å². The molecule has 1 aromatic heterocycles. The molecule has 0 aliphatic heterocycles. The SMILES string of the molecule is CN=C(NCCCC1CCCC1)NCc1ccsc1. The van der Waals surface area contributed by atoms with Gasteiger partial charge in [-0.1, -0.05) is 25.7 Å². The van der Waals surface area contributed by atoms with Crippen LogP contribution < -0.4 is 10.6 Å². The Hall–Kier alpha value is -1.03. The highest BCUT2D eigenvalue weighted by molar-refractivity contribution is 7.07. The molecule has 19 heavy (non-hydrogen) atoms. The number of hydrogen-bond acceptors (Lipinski definition) is 2. The first-order valence-electron chi connectivity index (χ1n) is 7.34. The summed E-state index contributed by atoms with van der Waals surface area (Å²) in [4.78, 5) is 4.25. The summed E-state index contributed by atoms with van der Waals surface area (Å²) in [5.41, 5.74) is 1.32. The summed E-state index contributed by atoms with van der Waals surface area (Å²) in [6.07, 6.45) is 8.42. The Morgan fingerprint density at radius 1 is 1.37 bits per heavy atom. The standard InChI is InChI=1S/C15H25N3S/c1-16-15(18-11-14-8-10-19-12-14)17-9-4-7-13-5-2-3-6-13/h8,10,12-13H,2-7,9,11H2,1H3,(H2,16,17,18). The van der Waals surface area contributed by atoms with Crippen molar-refractivity contribution in [1.29, 1.82) is 0 Å². The Morgan fingerprint density at radius 3 is 2.89 bits per heavy atom. The van der Waals surface area contributed by atoms with Gasteiger partial charge in [-0.25, -0.2) is 0 Å². The molecule has 0 atom stereocenters. The summed E-state index contributed by atoms with van der Waals surface area (Å²) in [6, 6.07) is 2.14. The van der Waals surface area contributed by atoms with Crippen LogP contribution in [-0.4, -0.2) is 19.6 Å². The van der Waals surface area contributed by atoms with E-state index in [1.165, 1.54) is 44.1 Å². The summed E-state index contributed by atoms with van der Waals surface area (Å²) in [5.74, 6) is 1.90. The molecule has 0 bridgehead atoms. The molecule has 2 rings (SSSR count). The first-order chi connectivity index (χ1) is 9.38. The highest BCUT2D eigenvalue weighted by atomic mass is 32.1. The maximum Gasteiger partial charge on any atom is 0.191 e. The fourth-order valence-electron chi connectivity index (χ4n) is 2.70. The van der Waals surface area contributed by atoms with Gasteiger partial charge in [-0.15, -0.1) is 0 Å². The molecule has 1 aliphatic rings. The fraction of sp³-hybridized carbons (Fsp3) is 0.667. The molecule has 1 fully saturated rings. The van der Waals surface area contributed by atoms with E-state index in [4.69, 9.17) is 0 Å². The van der Waals surface area contributed by atoms with E-state index in [1.807, 2.05) is 7.05 Å². The number of hydrogen-bond donors (Lipinski definition) is 2. The molecule has 0 aromatic carbocycles. The van der Waals surface area contributed by atoms with Gasteiger partial charge in [0, 0.05) is 20.1 Å². The third-order valence-electron chi connectivity index (χ3n) is 3.82. The van der Waals surface area contributed by atoms with Gasteiger partial charge in [0.1, 0.15) is 0 Å². The molecule has 1 heterocycles. The quantitative estimate of drug-likeness (QED) is 0.476. The van der Waals surface area contributed by atoms with Crippen LogP contribution >= 0.6 is 11.3 Å². The summed E-state index contributed by atoms with van der Waals surface area (Å²) in [5, 5.41) is 11.0. The van der Waals surface area contributed by atoms with E-state index in [2.05, 4.69) is 32.5 Å². The highest BCUT2D eigenvalue weighted by Crippen LogP contribution is 2.28. The Labute approximate surface area is 120 Å². The van der Waals surface area contributed by atoms with Crippen LogP contribution in [-0.2, 0) is 6.54 Å². The highest BCUT2D eigenvalue weighted by Gasteiger charge is 2.13. The molecule has 0 radical (unpaired) electrons. The first kappa shape index (κ1) is 14.4. The Balaban J connectivity index is 1.57. The molecule has 0 spiro atoms. The van der Waals surface area contributed by atoms with E-state index in [9.17, 15) is 0 Å². The van der Waals surface area contributed by atoms with E-state index >= 15 is 0 Å². The zero-order valence-electron chi connectivity index (χ0n) is 11.8. The van der Waals surface area contributed by atoms with Crippen LogP contribution in [0.1, 0.15) is 44.1 Å². The van der Waals surface area contributed by atoms with Crippen LogP contribution in [0.25, 0.3) is 0 Å². The van der Waals surface area contributed by atoms with Crippen molar-refractivity contribution in [2.75, 3.05) is 13.6 Å². The second-order valence-corrected chi connectivity index (χ2v) is 6.06. The first-order valence-corrected chi connectivity index (χ1v) is 8.28. The third kappa shape index (κ3) is 5.23. The molecule has 3 nitrogen and oxygen atoms in total. The molecule has 1 aromatic rings. The summed E-state index contributed by atoms with van der Waals surface area (Å²) < 4.78 is 0. The normalized spacial score (nSPS) is 16.8. The van der Waals surface area contributed by atoms with Crippen LogP contribution in [0.4, 0.5) is 0 Å². The molecular formula is C15H25N3S. The van der Waals surface area contributed by atoms with Crippen molar-refractivity contribution in [3.63, 3.8) is 0 Å². The predicted molar refractivity (Wildman–Crippen MR) is 83.7 cm³/mol. The van der Waals surface area contributed by atoms with Crippen LogP contribution in [0.5, 0.6) is 0 Å². The largest absolute Gasteiger partial charge is 0.356 e. The topological polar surface area (TPSA) is 36.4 Å². The van der Waals surface area contributed by atoms with Gasteiger partial charge in [0.25, 0.3) is 0 Å². The van der Waals surface area contributed by atoms with Crippen molar-refractivity contribution in [2.45, 2.75) is 45.1 Å². The third-order valence-corrected chi connectivity index (χ3v) is 4.55. The predicted octanol–water partition coefficient (Wildman–Crippen LogP) is 3.38. The number of rotatable bonds is 6. The van der Waals surface area contributed by atoms with Crippen LogP contribution in [0.3, 0.4) is 0 Å². The minimum atomic E-state index is 0.853. The molecule has 0 amide bonds. The van der Waals surface area contributed by atoms with E-state index in [1.54, 1.807) is 11.3 Å². The van der Waals surface area contributed by atoms with Gasteiger partial charge in [0.2, 0.25) is 0 Å². The van der Waals surface area contributed by atoms with Gasteiger partial charge in [-0.05, 0) is 41.1 Å². The second-order valence-electron chi connectivity index (χ2n) is 5.28. The zero-order valence-corrected chi connectivity index (χ0v) is 12.6. The molecule has 0 unspecified atom stereocenters. The van der Waals surface area contributed by atoms with Crippen molar-refractivity contribution >= 4 is 17.3 Å². The number of nitrogens with one attached hydrogen (secondary N) is 2. The Bertz CT molecular complexity index is 367. The number of aliphatic imine (C=N–C) groups is 1. The van der Waals surface area contributed by atoms with Crippen molar-refractivity contribution in [1.82, 2.24) is 10.6 Å². The van der Waals surface area contributed by atoms with Gasteiger partial charge < -0.3 is 10.6 Å². The van der Waals surface area contributed by atoms with Crippen LogP contribution in [0.15, 0.2) is 21.8 Å². The minimum Gasteiger partial charge on any atom is -0.356 e. The fourth-order valence-corrected chi connectivity index (χ4v) is 3.36. The number of thiophene rings is 1. The zero-order chi connectivity index (χ0) is 13.3. The van der Waals surface area contributed by atoms with Gasteiger partial charge >= 0.3 is 0 Å².